The molecular weight excluding hydrogens is 352 g/mol. The molecule has 0 heterocycles. The summed E-state index contributed by atoms with van der Waals surface area (Å²) in [6.45, 7) is 3.31. The SMILES string of the molecule is CC(=O)c1cccc(N(CC(=O)NCc2cccc(C)c2)S(C)(=O)=O)c1. The Morgan fingerprint density at radius 2 is 1.77 bits per heavy atom. The van der Waals surface area contributed by atoms with E-state index in [0.717, 1.165) is 21.7 Å². The predicted molar refractivity (Wildman–Crippen MR) is 102 cm³/mol. The molecule has 1 amide bonds. The van der Waals surface area contributed by atoms with Crippen molar-refractivity contribution in [3.63, 3.8) is 0 Å². The maximum Gasteiger partial charge on any atom is 0.241 e. The number of aryl methyl sites for hydroxylation is 1. The number of ketones is 1. The van der Waals surface area contributed by atoms with Crippen LogP contribution in [0, 0.1) is 6.92 Å². The van der Waals surface area contributed by atoms with Crippen molar-refractivity contribution in [3.8, 4) is 0 Å². The van der Waals surface area contributed by atoms with E-state index in [-0.39, 0.29) is 18.0 Å². The third kappa shape index (κ3) is 5.42. The first-order valence-corrected chi connectivity index (χ1v) is 9.92. The number of benzene rings is 2. The van der Waals surface area contributed by atoms with Gasteiger partial charge in [-0.25, -0.2) is 8.42 Å². The van der Waals surface area contributed by atoms with Gasteiger partial charge in [0.2, 0.25) is 15.9 Å². The topological polar surface area (TPSA) is 83.6 Å². The number of hydrogen-bond donors (Lipinski definition) is 1. The molecule has 0 aliphatic heterocycles. The summed E-state index contributed by atoms with van der Waals surface area (Å²) in [6.07, 6.45) is 1.03. The molecule has 7 heteroatoms. The minimum absolute atomic E-state index is 0.177. The molecule has 26 heavy (non-hydrogen) atoms. The van der Waals surface area contributed by atoms with Gasteiger partial charge in [0.05, 0.1) is 11.9 Å². The van der Waals surface area contributed by atoms with Gasteiger partial charge in [-0.1, -0.05) is 42.0 Å². The molecule has 0 atom stereocenters. The zero-order chi connectivity index (χ0) is 19.3. The number of amides is 1. The Morgan fingerprint density at radius 3 is 2.38 bits per heavy atom. The molecule has 0 spiro atoms. The molecule has 0 radical (unpaired) electrons. The number of carbonyl (C=O) groups is 2. The third-order valence-corrected chi connectivity index (χ3v) is 4.94. The number of Topliss-reactive ketones (excluding diaryl/α,β-unsaturated/α-hetero) is 1. The highest BCUT2D eigenvalue weighted by atomic mass is 32.2. The number of anilines is 1. The number of nitrogens with zero attached hydrogens (tertiary/aromatic N) is 1. The summed E-state index contributed by atoms with van der Waals surface area (Å²) in [7, 11) is -3.68. The number of carbonyl (C=O) groups excluding carboxylic acids is 2. The van der Waals surface area contributed by atoms with Crippen LogP contribution in [0.1, 0.15) is 28.4 Å². The quantitative estimate of drug-likeness (QED) is 0.754. The molecule has 0 aliphatic rings. The van der Waals surface area contributed by atoms with Gasteiger partial charge in [0.15, 0.2) is 5.78 Å². The van der Waals surface area contributed by atoms with Crippen molar-refractivity contribution in [2.24, 2.45) is 0 Å². The highest BCUT2D eigenvalue weighted by Crippen LogP contribution is 2.19. The average Bonchev–Trinajstić information content (AvgIpc) is 2.57. The molecule has 1 N–H and O–H groups in total. The highest BCUT2D eigenvalue weighted by Gasteiger charge is 2.21. The molecule has 2 rings (SSSR count). The predicted octanol–water partition coefficient (Wildman–Crippen LogP) is 2.28. The lowest BCUT2D eigenvalue weighted by atomic mass is 10.1. The molecule has 0 saturated heterocycles. The molecule has 0 saturated carbocycles. The highest BCUT2D eigenvalue weighted by molar-refractivity contribution is 7.92. The Hall–Kier alpha value is -2.67. The molecule has 0 fully saturated rings. The largest absolute Gasteiger partial charge is 0.350 e. The van der Waals surface area contributed by atoms with Gasteiger partial charge in [-0.3, -0.25) is 13.9 Å². The summed E-state index contributed by atoms with van der Waals surface area (Å²) in [5.74, 6) is -0.602. The molecule has 0 unspecified atom stereocenters. The average molecular weight is 374 g/mol. The van der Waals surface area contributed by atoms with Crippen LogP contribution in [-0.4, -0.2) is 32.9 Å². The van der Waals surface area contributed by atoms with Gasteiger partial charge >= 0.3 is 0 Å². The normalized spacial score (nSPS) is 11.0. The summed E-state index contributed by atoms with van der Waals surface area (Å²) in [5, 5.41) is 2.72. The minimum atomic E-state index is -3.68. The smallest absolute Gasteiger partial charge is 0.241 e. The minimum Gasteiger partial charge on any atom is -0.350 e. The summed E-state index contributed by atoms with van der Waals surface area (Å²) < 4.78 is 25.2. The Balaban J connectivity index is 2.14. The molecule has 2 aromatic rings. The van der Waals surface area contributed by atoms with Crippen molar-refractivity contribution in [1.29, 1.82) is 0 Å². The van der Waals surface area contributed by atoms with E-state index in [0.29, 0.717) is 12.1 Å². The van der Waals surface area contributed by atoms with Crippen molar-refractivity contribution < 1.29 is 18.0 Å². The number of rotatable bonds is 7. The second kappa shape index (κ2) is 8.14. The first-order chi connectivity index (χ1) is 12.2. The van der Waals surface area contributed by atoms with Gasteiger partial charge < -0.3 is 5.32 Å². The fourth-order valence-electron chi connectivity index (χ4n) is 2.49. The molecule has 0 aliphatic carbocycles. The van der Waals surface area contributed by atoms with Gasteiger partial charge in [0.25, 0.3) is 0 Å². The monoisotopic (exact) mass is 374 g/mol. The lowest BCUT2D eigenvalue weighted by molar-refractivity contribution is -0.119. The van der Waals surface area contributed by atoms with Crippen LogP contribution in [0.3, 0.4) is 0 Å². The van der Waals surface area contributed by atoms with Crippen LogP contribution in [0.4, 0.5) is 5.69 Å². The third-order valence-electron chi connectivity index (χ3n) is 3.80. The van der Waals surface area contributed by atoms with Crippen LogP contribution in [0.5, 0.6) is 0 Å². The van der Waals surface area contributed by atoms with Gasteiger partial charge in [-0.05, 0) is 31.5 Å². The molecular formula is C19H22N2O4S. The number of sulfonamides is 1. The van der Waals surface area contributed by atoms with Crippen LogP contribution in [0.15, 0.2) is 48.5 Å². The summed E-state index contributed by atoms with van der Waals surface area (Å²) >= 11 is 0. The van der Waals surface area contributed by atoms with E-state index in [2.05, 4.69) is 5.32 Å². The van der Waals surface area contributed by atoms with E-state index in [1.807, 2.05) is 31.2 Å². The molecule has 0 aromatic heterocycles. The van der Waals surface area contributed by atoms with E-state index in [9.17, 15) is 18.0 Å². The second-order valence-electron chi connectivity index (χ2n) is 6.14. The van der Waals surface area contributed by atoms with Crippen molar-refractivity contribution in [1.82, 2.24) is 5.32 Å². The number of hydrogen-bond acceptors (Lipinski definition) is 4. The Morgan fingerprint density at radius 1 is 1.08 bits per heavy atom. The van der Waals surface area contributed by atoms with Crippen LogP contribution in [-0.2, 0) is 21.4 Å². The van der Waals surface area contributed by atoms with Crippen molar-refractivity contribution in [3.05, 3.63) is 65.2 Å². The summed E-state index contributed by atoms with van der Waals surface area (Å²) in [4.78, 5) is 23.8. The Kier molecular flexibility index (Phi) is 6.15. The van der Waals surface area contributed by atoms with E-state index in [4.69, 9.17) is 0 Å². The van der Waals surface area contributed by atoms with Gasteiger partial charge in [0.1, 0.15) is 6.54 Å². The second-order valence-corrected chi connectivity index (χ2v) is 8.05. The fraction of sp³-hybridized carbons (Fsp3) is 0.263. The number of nitrogens with one attached hydrogen (secondary N) is 1. The molecule has 138 valence electrons. The van der Waals surface area contributed by atoms with Crippen LogP contribution >= 0.6 is 0 Å². The van der Waals surface area contributed by atoms with E-state index < -0.39 is 15.9 Å². The van der Waals surface area contributed by atoms with Gasteiger partial charge in [-0.15, -0.1) is 0 Å². The zero-order valence-electron chi connectivity index (χ0n) is 15.0. The van der Waals surface area contributed by atoms with E-state index in [1.54, 1.807) is 18.2 Å². The van der Waals surface area contributed by atoms with Crippen molar-refractivity contribution in [2.75, 3.05) is 17.1 Å². The van der Waals surface area contributed by atoms with Crippen molar-refractivity contribution in [2.45, 2.75) is 20.4 Å². The first kappa shape index (κ1) is 19.7. The maximum absolute atomic E-state index is 12.3. The van der Waals surface area contributed by atoms with Crippen LogP contribution in [0.25, 0.3) is 0 Å². The summed E-state index contributed by atoms with van der Waals surface area (Å²) in [6, 6.07) is 13.9. The standard InChI is InChI=1S/C19H22N2O4S/c1-14-6-4-7-16(10-14)12-20-19(23)13-21(26(3,24)25)18-9-5-8-17(11-18)15(2)22/h4-11H,12-13H2,1-3H3,(H,20,23). The van der Waals surface area contributed by atoms with Crippen LogP contribution < -0.4 is 9.62 Å². The summed E-state index contributed by atoms with van der Waals surface area (Å²) in [5.41, 5.74) is 2.68. The fourth-order valence-corrected chi connectivity index (χ4v) is 3.34. The zero-order valence-corrected chi connectivity index (χ0v) is 15.8. The Bertz CT molecular complexity index is 923. The van der Waals surface area contributed by atoms with Crippen LogP contribution in [0.2, 0.25) is 0 Å². The van der Waals surface area contributed by atoms with Gasteiger partial charge in [-0.2, -0.15) is 0 Å². The van der Waals surface area contributed by atoms with E-state index >= 15 is 0 Å². The van der Waals surface area contributed by atoms with Gasteiger partial charge in [0, 0.05) is 12.1 Å². The van der Waals surface area contributed by atoms with E-state index in [1.165, 1.54) is 13.0 Å². The lowest BCUT2D eigenvalue weighted by Gasteiger charge is -2.22. The first-order valence-electron chi connectivity index (χ1n) is 8.08. The molecule has 6 nitrogen and oxygen atoms in total. The lowest BCUT2D eigenvalue weighted by Crippen LogP contribution is -2.40. The Labute approximate surface area is 153 Å². The molecule has 0 bridgehead atoms. The molecule has 2 aromatic carbocycles. The maximum atomic E-state index is 12.3. The van der Waals surface area contributed by atoms with Crippen molar-refractivity contribution >= 4 is 27.4 Å².